The Labute approximate surface area is 133 Å². The number of benzene rings is 1. The van der Waals surface area contributed by atoms with Crippen LogP contribution in [0.25, 0.3) is 0 Å². The molecule has 0 bridgehead atoms. The van der Waals surface area contributed by atoms with Crippen molar-refractivity contribution < 1.29 is 9.90 Å². The van der Waals surface area contributed by atoms with E-state index < -0.39 is 5.97 Å². The largest absolute Gasteiger partial charge is 0.481 e. The highest BCUT2D eigenvalue weighted by molar-refractivity contribution is 5.71. The number of hydrogen-bond acceptors (Lipinski definition) is 3. The lowest BCUT2D eigenvalue weighted by molar-refractivity contribution is -0.145. The van der Waals surface area contributed by atoms with Gasteiger partial charge in [-0.15, -0.1) is 0 Å². The maximum absolute atomic E-state index is 11.6. The second-order valence-corrected chi connectivity index (χ2v) is 6.56. The fourth-order valence-corrected chi connectivity index (χ4v) is 3.34. The zero-order valence-electron chi connectivity index (χ0n) is 13.7. The number of carboxylic acid groups (broad SMARTS) is 1. The lowest BCUT2D eigenvalue weighted by atomic mass is 9.83. The van der Waals surface area contributed by atoms with E-state index in [4.69, 9.17) is 0 Å². The quantitative estimate of drug-likeness (QED) is 0.841. The Morgan fingerprint density at radius 1 is 1.14 bits per heavy atom. The normalized spacial score (nSPS) is 22.2. The van der Waals surface area contributed by atoms with Crippen LogP contribution in [0.2, 0.25) is 0 Å². The first-order valence-corrected chi connectivity index (χ1v) is 8.23. The van der Waals surface area contributed by atoms with E-state index in [0.29, 0.717) is 0 Å². The summed E-state index contributed by atoms with van der Waals surface area (Å²) >= 11 is 0. The molecule has 0 aromatic heterocycles. The average Bonchev–Trinajstić information content (AvgIpc) is 2.52. The lowest BCUT2D eigenvalue weighted by Crippen LogP contribution is -2.47. The number of nitrogens with zero attached hydrogens (tertiary/aromatic N) is 2. The summed E-state index contributed by atoms with van der Waals surface area (Å²) < 4.78 is 0. The van der Waals surface area contributed by atoms with Gasteiger partial charge in [0.05, 0.1) is 5.92 Å². The van der Waals surface area contributed by atoms with Crippen molar-refractivity contribution in [1.82, 2.24) is 9.80 Å². The maximum Gasteiger partial charge on any atom is 0.308 e. The number of carbonyl (C=O) groups is 1. The Morgan fingerprint density at radius 3 is 2.45 bits per heavy atom. The predicted octanol–water partition coefficient (Wildman–Crippen LogP) is 2.69. The van der Waals surface area contributed by atoms with Gasteiger partial charge >= 0.3 is 5.97 Å². The monoisotopic (exact) mass is 304 g/mol. The summed E-state index contributed by atoms with van der Waals surface area (Å²) in [6.07, 6.45) is 3.99. The van der Waals surface area contributed by atoms with Gasteiger partial charge in [0.1, 0.15) is 0 Å². The van der Waals surface area contributed by atoms with Crippen molar-refractivity contribution in [3.05, 3.63) is 35.9 Å². The van der Waals surface area contributed by atoms with Gasteiger partial charge in [-0.05, 0) is 32.5 Å². The van der Waals surface area contributed by atoms with E-state index in [9.17, 15) is 9.90 Å². The van der Waals surface area contributed by atoms with Gasteiger partial charge in [0.15, 0.2) is 0 Å². The number of carboxylic acids is 1. The molecule has 1 N–H and O–H groups in total. The first kappa shape index (κ1) is 17.0. The third-order valence-electron chi connectivity index (χ3n) is 4.58. The average molecular weight is 304 g/mol. The second-order valence-electron chi connectivity index (χ2n) is 6.56. The van der Waals surface area contributed by atoms with Crippen LogP contribution < -0.4 is 0 Å². The molecular formula is C18H28N2O2. The van der Waals surface area contributed by atoms with E-state index in [2.05, 4.69) is 48.2 Å². The van der Waals surface area contributed by atoms with Gasteiger partial charge in [-0.3, -0.25) is 9.69 Å². The molecule has 122 valence electrons. The molecule has 1 aromatic rings. The van der Waals surface area contributed by atoms with Crippen LogP contribution in [-0.2, 0) is 11.3 Å². The predicted molar refractivity (Wildman–Crippen MR) is 88.8 cm³/mol. The molecule has 1 aliphatic carbocycles. The van der Waals surface area contributed by atoms with Gasteiger partial charge in [0, 0.05) is 25.7 Å². The Bertz CT molecular complexity index is 461. The first-order chi connectivity index (χ1) is 10.6. The van der Waals surface area contributed by atoms with Crippen molar-refractivity contribution in [2.75, 3.05) is 27.2 Å². The van der Waals surface area contributed by atoms with Crippen LogP contribution in [0.15, 0.2) is 30.3 Å². The zero-order chi connectivity index (χ0) is 15.9. The Morgan fingerprint density at radius 2 is 1.82 bits per heavy atom. The molecule has 4 heteroatoms. The van der Waals surface area contributed by atoms with Gasteiger partial charge in [-0.25, -0.2) is 0 Å². The topological polar surface area (TPSA) is 43.8 Å². The summed E-state index contributed by atoms with van der Waals surface area (Å²) in [5, 5.41) is 9.56. The molecule has 0 heterocycles. The van der Waals surface area contributed by atoms with Gasteiger partial charge in [0.25, 0.3) is 0 Å². The number of aliphatic carboxylic acids is 1. The highest BCUT2D eigenvalue weighted by atomic mass is 16.4. The van der Waals surface area contributed by atoms with Crippen LogP contribution in [0.5, 0.6) is 0 Å². The summed E-state index contributed by atoms with van der Waals surface area (Å²) in [4.78, 5) is 16.2. The summed E-state index contributed by atoms with van der Waals surface area (Å²) in [7, 11) is 4.13. The molecule has 0 radical (unpaired) electrons. The first-order valence-electron chi connectivity index (χ1n) is 8.23. The highest BCUT2D eigenvalue weighted by Gasteiger charge is 2.34. The molecule has 2 atom stereocenters. The van der Waals surface area contributed by atoms with Crippen LogP contribution in [0, 0.1) is 5.92 Å². The minimum Gasteiger partial charge on any atom is -0.481 e. The molecule has 2 rings (SSSR count). The van der Waals surface area contributed by atoms with Crippen molar-refractivity contribution >= 4 is 5.97 Å². The van der Waals surface area contributed by atoms with E-state index in [-0.39, 0.29) is 12.0 Å². The molecule has 0 saturated heterocycles. The highest BCUT2D eigenvalue weighted by Crippen LogP contribution is 2.29. The van der Waals surface area contributed by atoms with Crippen LogP contribution >= 0.6 is 0 Å². The van der Waals surface area contributed by atoms with E-state index in [0.717, 1.165) is 45.3 Å². The van der Waals surface area contributed by atoms with Crippen molar-refractivity contribution in [3.8, 4) is 0 Å². The Hall–Kier alpha value is -1.39. The molecule has 1 aliphatic rings. The number of hydrogen-bond donors (Lipinski definition) is 1. The molecule has 0 spiro atoms. The second kappa shape index (κ2) is 8.30. The molecule has 22 heavy (non-hydrogen) atoms. The van der Waals surface area contributed by atoms with Gasteiger partial charge < -0.3 is 10.0 Å². The summed E-state index contributed by atoms with van der Waals surface area (Å²) in [5.41, 5.74) is 1.26. The maximum atomic E-state index is 11.6. The van der Waals surface area contributed by atoms with Crippen LogP contribution in [0.3, 0.4) is 0 Å². The molecule has 0 aliphatic heterocycles. The van der Waals surface area contributed by atoms with Crippen LogP contribution in [0.1, 0.15) is 31.2 Å². The van der Waals surface area contributed by atoms with Crippen LogP contribution in [-0.4, -0.2) is 54.1 Å². The molecular weight excluding hydrogens is 276 g/mol. The third-order valence-corrected chi connectivity index (χ3v) is 4.58. The molecule has 0 unspecified atom stereocenters. The Kier molecular flexibility index (Phi) is 6.40. The number of rotatable bonds is 7. The zero-order valence-corrected chi connectivity index (χ0v) is 13.7. The molecule has 1 saturated carbocycles. The third kappa shape index (κ3) is 4.82. The molecule has 1 fully saturated rings. The summed E-state index contributed by atoms with van der Waals surface area (Å²) in [5.74, 6) is -0.854. The van der Waals surface area contributed by atoms with Crippen molar-refractivity contribution in [2.45, 2.75) is 38.3 Å². The minimum absolute atomic E-state index is 0.159. The van der Waals surface area contributed by atoms with E-state index >= 15 is 0 Å². The van der Waals surface area contributed by atoms with E-state index in [1.807, 2.05) is 6.07 Å². The molecule has 0 amide bonds. The van der Waals surface area contributed by atoms with E-state index in [1.165, 1.54) is 5.56 Å². The fraction of sp³-hybridized carbons (Fsp3) is 0.611. The Balaban J connectivity index is 2.12. The lowest BCUT2D eigenvalue weighted by Gasteiger charge is -2.38. The van der Waals surface area contributed by atoms with Crippen molar-refractivity contribution in [3.63, 3.8) is 0 Å². The smallest absolute Gasteiger partial charge is 0.308 e. The minimum atomic E-state index is -0.632. The SMILES string of the molecule is CN(C)CCN(Cc1ccccc1)[C@@H]1CCCC[C@H]1C(=O)O. The summed E-state index contributed by atoms with van der Waals surface area (Å²) in [6.45, 7) is 2.70. The molecule has 4 nitrogen and oxygen atoms in total. The van der Waals surface area contributed by atoms with E-state index in [1.54, 1.807) is 0 Å². The van der Waals surface area contributed by atoms with Crippen molar-refractivity contribution in [2.24, 2.45) is 5.92 Å². The summed E-state index contributed by atoms with van der Waals surface area (Å²) in [6, 6.07) is 10.5. The fourth-order valence-electron chi connectivity index (χ4n) is 3.34. The van der Waals surface area contributed by atoms with Gasteiger partial charge in [0.2, 0.25) is 0 Å². The van der Waals surface area contributed by atoms with Gasteiger partial charge in [-0.1, -0.05) is 43.2 Å². The van der Waals surface area contributed by atoms with Crippen LogP contribution in [0.4, 0.5) is 0 Å². The number of likely N-dealkylation sites (N-methyl/N-ethyl adjacent to an activating group) is 1. The standard InChI is InChI=1S/C18H28N2O2/c1-19(2)12-13-20(14-15-8-4-3-5-9-15)17-11-7-6-10-16(17)18(21)22/h3-5,8-9,16-17H,6-7,10-14H2,1-2H3,(H,21,22)/t16-,17-/m1/s1. The van der Waals surface area contributed by atoms with Crippen molar-refractivity contribution in [1.29, 1.82) is 0 Å². The van der Waals surface area contributed by atoms with Gasteiger partial charge in [-0.2, -0.15) is 0 Å². The molecule has 1 aromatic carbocycles.